The van der Waals surface area contributed by atoms with Crippen LogP contribution in [0.1, 0.15) is 54.4 Å². The van der Waals surface area contributed by atoms with Gasteiger partial charge in [0.25, 0.3) is 5.91 Å². The van der Waals surface area contributed by atoms with Gasteiger partial charge in [-0.05, 0) is 64.0 Å². The summed E-state index contributed by atoms with van der Waals surface area (Å²) in [5.41, 5.74) is -0.249. The molecule has 2 fully saturated rings. The number of amides is 2. The summed E-state index contributed by atoms with van der Waals surface area (Å²) in [7, 11) is 4.88. The Kier molecular flexibility index (Phi) is 10.4. The number of nitrogens with zero attached hydrogens (tertiary/aromatic N) is 3. The zero-order valence-electron chi connectivity index (χ0n) is 24.0. The van der Waals surface area contributed by atoms with Crippen molar-refractivity contribution in [3.63, 3.8) is 0 Å². The molecule has 2 amide bonds. The summed E-state index contributed by atoms with van der Waals surface area (Å²) in [6, 6.07) is 3.99. The summed E-state index contributed by atoms with van der Waals surface area (Å²) in [4.78, 5) is 35.2. The molecule has 1 saturated carbocycles. The van der Waals surface area contributed by atoms with E-state index < -0.39 is 23.6 Å². The van der Waals surface area contributed by atoms with Crippen LogP contribution in [0.4, 0.5) is 30.6 Å². The number of likely N-dealkylation sites (tertiary alicyclic amines) is 1. The van der Waals surface area contributed by atoms with E-state index in [1.54, 1.807) is 18.2 Å². The summed E-state index contributed by atoms with van der Waals surface area (Å²) in [5, 5.41) is 11.7. The van der Waals surface area contributed by atoms with Gasteiger partial charge in [0, 0.05) is 37.0 Å². The van der Waals surface area contributed by atoms with Gasteiger partial charge in [-0.2, -0.15) is 18.2 Å². The predicted molar refractivity (Wildman–Crippen MR) is 151 cm³/mol. The van der Waals surface area contributed by atoms with Crippen molar-refractivity contribution in [2.75, 3.05) is 51.6 Å². The lowest BCUT2D eigenvalue weighted by Gasteiger charge is -2.33. The Morgan fingerprint density at radius 1 is 1.05 bits per heavy atom. The number of ether oxygens (including phenoxy) is 2. The molecule has 1 saturated heterocycles. The van der Waals surface area contributed by atoms with E-state index in [-0.39, 0.29) is 36.5 Å². The quantitative estimate of drug-likeness (QED) is 0.327. The van der Waals surface area contributed by atoms with Crippen LogP contribution in [0.3, 0.4) is 0 Å². The van der Waals surface area contributed by atoms with Gasteiger partial charge in [-0.3, -0.25) is 9.59 Å². The van der Waals surface area contributed by atoms with E-state index in [2.05, 4.69) is 36.1 Å². The largest absolute Gasteiger partial charge is 0.495 e. The third kappa shape index (κ3) is 8.22. The number of nitrogens with one attached hydrogen (secondary N) is 4. The first-order chi connectivity index (χ1) is 20.1. The highest BCUT2D eigenvalue weighted by Crippen LogP contribution is 2.36. The number of hydrogen-bond donors (Lipinski definition) is 4. The van der Waals surface area contributed by atoms with Crippen LogP contribution < -0.4 is 26.0 Å². The molecule has 11 nitrogen and oxygen atoms in total. The van der Waals surface area contributed by atoms with Crippen LogP contribution in [-0.2, 0) is 15.7 Å². The lowest BCUT2D eigenvalue weighted by atomic mass is 9.90. The van der Waals surface area contributed by atoms with Crippen molar-refractivity contribution in [1.82, 2.24) is 25.5 Å². The number of halogens is 3. The third-order valence-corrected chi connectivity index (χ3v) is 7.57. The second kappa shape index (κ2) is 14.0. The number of anilines is 3. The smallest absolute Gasteiger partial charge is 0.421 e. The highest BCUT2D eigenvalue weighted by Gasteiger charge is 2.37. The lowest BCUT2D eigenvalue weighted by molar-refractivity contribution is -0.137. The molecule has 1 aliphatic heterocycles. The van der Waals surface area contributed by atoms with Crippen LogP contribution in [0.25, 0.3) is 0 Å². The van der Waals surface area contributed by atoms with E-state index in [9.17, 15) is 22.8 Å². The van der Waals surface area contributed by atoms with E-state index in [4.69, 9.17) is 9.47 Å². The molecule has 14 heteroatoms. The molecule has 230 valence electrons. The molecule has 0 radical (unpaired) electrons. The number of aromatic nitrogens is 2. The summed E-state index contributed by atoms with van der Waals surface area (Å²) < 4.78 is 52.1. The van der Waals surface area contributed by atoms with Crippen LogP contribution in [0.2, 0.25) is 0 Å². The zero-order valence-corrected chi connectivity index (χ0v) is 24.0. The number of carbonyl (C=O) groups excluding carboxylic acids is 2. The zero-order chi connectivity index (χ0) is 30.3. The number of hydrogen-bond acceptors (Lipinski definition) is 9. The third-order valence-electron chi connectivity index (χ3n) is 7.57. The van der Waals surface area contributed by atoms with Gasteiger partial charge >= 0.3 is 6.18 Å². The maximum absolute atomic E-state index is 13.9. The van der Waals surface area contributed by atoms with Crippen LogP contribution in [0.5, 0.6) is 5.75 Å². The number of rotatable bonds is 10. The molecular formula is C28H38F3N7O4. The Morgan fingerprint density at radius 3 is 2.43 bits per heavy atom. The second-order valence-electron chi connectivity index (χ2n) is 10.7. The van der Waals surface area contributed by atoms with Gasteiger partial charge in [0.15, 0.2) is 0 Å². The summed E-state index contributed by atoms with van der Waals surface area (Å²) in [6.07, 6.45) is 0.533. The van der Waals surface area contributed by atoms with Crippen molar-refractivity contribution in [2.45, 2.75) is 62.8 Å². The number of piperidine rings is 1. The molecule has 1 aliphatic carbocycles. The van der Waals surface area contributed by atoms with Crippen LogP contribution in [0.15, 0.2) is 24.4 Å². The van der Waals surface area contributed by atoms with Gasteiger partial charge in [0.05, 0.1) is 12.8 Å². The summed E-state index contributed by atoms with van der Waals surface area (Å²) in [5.74, 6) is -0.759. The normalized spacial score (nSPS) is 20.0. The fraction of sp³-hybridized carbons (Fsp3) is 0.571. The van der Waals surface area contributed by atoms with Crippen LogP contribution in [0, 0.1) is 0 Å². The molecule has 2 aromatic rings. The van der Waals surface area contributed by atoms with Gasteiger partial charge in [0.2, 0.25) is 11.9 Å². The number of methoxy groups -OCH3 is 2. The highest BCUT2D eigenvalue weighted by molar-refractivity contribution is 5.95. The number of benzene rings is 1. The van der Waals surface area contributed by atoms with Gasteiger partial charge in [0.1, 0.15) is 23.7 Å². The first-order valence-electron chi connectivity index (χ1n) is 14.0. The maximum atomic E-state index is 13.9. The van der Waals surface area contributed by atoms with E-state index in [1.165, 1.54) is 14.2 Å². The van der Waals surface area contributed by atoms with Crippen molar-refractivity contribution in [3.05, 3.63) is 35.5 Å². The van der Waals surface area contributed by atoms with Crippen molar-refractivity contribution in [3.8, 4) is 5.75 Å². The first kappa shape index (κ1) is 31.3. The van der Waals surface area contributed by atoms with Gasteiger partial charge in [-0.25, -0.2) is 4.98 Å². The van der Waals surface area contributed by atoms with Crippen molar-refractivity contribution in [2.24, 2.45) is 0 Å². The molecule has 4 rings (SSSR count). The molecule has 4 N–H and O–H groups in total. The van der Waals surface area contributed by atoms with E-state index >= 15 is 0 Å². The minimum Gasteiger partial charge on any atom is -0.495 e. The highest BCUT2D eigenvalue weighted by atomic mass is 19.4. The van der Waals surface area contributed by atoms with Gasteiger partial charge < -0.3 is 35.6 Å². The topological polar surface area (TPSA) is 130 Å². The lowest BCUT2D eigenvalue weighted by Crippen LogP contribution is -2.49. The fourth-order valence-corrected chi connectivity index (χ4v) is 5.27. The molecule has 2 aliphatic rings. The monoisotopic (exact) mass is 593 g/mol. The van der Waals surface area contributed by atoms with E-state index in [1.807, 2.05) is 7.05 Å². The average Bonchev–Trinajstić information content (AvgIpc) is 2.95. The molecular weight excluding hydrogens is 555 g/mol. The maximum Gasteiger partial charge on any atom is 0.421 e. The fourth-order valence-electron chi connectivity index (χ4n) is 5.27. The standard InChI is InChI=1S/C28H38F3N7O4/c1-38-12-10-18(11-13-38)33-26(40)17-8-9-22(23(14-17)42-3)36-27-32-15-19(28(29,30)31)25(37-27)35-21-7-5-4-6-20(21)34-24(39)16-41-2/h8-9,14-15,18,20-21H,4-7,10-13,16H2,1-3H3,(H,33,40)(H,34,39)(H2,32,35,36,37)/t20-,21-/m1/s1. The predicted octanol–water partition coefficient (Wildman–Crippen LogP) is 3.56. The molecule has 1 aromatic carbocycles. The Morgan fingerprint density at radius 2 is 1.76 bits per heavy atom. The molecule has 0 spiro atoms. The first-order valence-corrected chi connectivity index (χ1v) is 14.0. The van der Waals surface area contributed by atoms with Crippen molar-refractivity contribution >= 4 is 29.3 Å². The van der Waals surface area contributed by atoms with Crippen LogP contribution in [-0.4, -0.2) is 85.8 Å². The molecule has 42 heavy (non-hydrogen) atoms. The average molecular weight is 594 g/mol. The molecule has 0 unspecified atom stereocenters. The Hall–Kier alpha value is -3.65. The molecule has 2 atom stereocenters. The van der Waals surface area contributed by atoms with E-state index in [0.29, 0.717) is 29.8 Å². The Labute approximate surface area is 242 Å². The van der Waals surface area contributed by atoms with Crippen molar-refractivity contribution < 1.29 is 32.2 Å². The molecule has 2 heterocycles. The van der Waals surface area contributed by atoms with Gasteiger partial charge in [-0.1, -0.05) is 12.8 Å². The summed E-state index contributed by atoms with van der Waals surface area (Å²) >= 11 is 0. The van der Waals surface area contributed by atoms with E-state index in [0.717, 1.165) is 45.0 Å². The van der Waals surface area contributed by atoms with Crippen molar-refractivity contribution in [1.29, 1.82) is 0 Å². The molecule has 0 bridgehead atoms. The Bertz CT molecular complexity index is 1240. The van der Waals surface area contributed by atoms with Gasteiger partial charge in [-0.15, -0.1) is 0 Å². The number of alkyl halides is 3. The minimum atomic E-state index is -4.70. The molecule has 1 aromatic heterocycles. The SMILES string of the molecule is COCC(=O)N[C@@H]1CCCC[C@H]1Nc1nc(Nc2ccc(C(=O)NC3CCN(C)CC3)cc2OC)ncc1C(F)(F)F. The Balaban J connectivity index is 1.52. The minimum absolute atomic E-state index is 0.0843. The summed E-state index contributed by atoms with van der Waals surface area (Å²) in [6.45, 7) is 1.68. The van der Waals surface area contributed by atoms with Crippen LogP contribution >= 0.6 is 0 Å². The number of carbonyl (C=O) groups is 2. The second-order valence-corrected chi connectivity index (χ2v) is 10.7.